The molecular weight excluding hydrogens is 705 g/mol. The molecule has 8 bridgehead atoms. The Morgan fingerprint density at radius 2 is 0.518 bits per heavy atom. The average molecular weight is 785 g/mol. The van der Waals surface area contributed by atoms with Gasteiger partial charge in [-0.05, 0) is 99.7 Å². The number of nitrogens with one attached hydrogen (secondary N) is 8. The van der Waals surface area contributed by atoms with E-state index in [0.717, 1.165) is 25.7 Å². The van der Waals surface area contributed by atoms with Crippen LogP contribution in [0.2, 0.25) is 0 Å². The highest BCUT2D eigenvalue weighted by molar-refractivity contribution is 5.14. The lowest BCUT2D eigenvalue weighted by Gasteiger charge is -2.50. The van der Waals surface area contributed by atoms with E-state index < -0.39 is 0 Å². The Balaban J connectivity index is 1.11. The lowest BCUT2D eigenvalue weighted by Crippen LogP contribution is -2.66. The molecule has 5 heterocycles. The Bertz CT molecular complexity index is 1160. The summed E-state index contributed by atoms with van der Waals surface area (Å²) in [6.45, 7) is 11.7. The molecule has 320 valence electrons. The van der Waals surface area contributed by atoms with Gasteiger partial charge in [0.15, 0.2) is 0 Å². The molecule has 4 saturated carbocycles. The van der Waals surface area contributed by atoms with E-state index in [1.165, 1.54) is 77.0 Å². The highest BCUT2D eigenvalue weighted by atomic mass is 16.6. The average Bonchev–Trinajstić information content (AvgIpc) is 3.96. The van der Waals surface area contributed by atoms with Crippen LogP contribution in [-0.2, 0) is 18.9 Å². The van der Waals surface area contributed by atoms with Crippen LogP contribution in [0.3, 0.4) is 0 Å². The summed E-state index contributed by atoms with van der Waals surface area (Å²) in [6, 6.07) is 0. The summed E-state index contributed by atoms with van der Waals surface area (Å²) in [4.78, 5) is 0. The monoisotopic (exact) mass is 785 g/mol. The molecule has 20 unspecified atom stereocenters. The molecule has 0 aromatic rings. The Kier molecular flexibility index (Phi) is 13.6. The summed E-state index contributed by atoms with van der Waals surface area (Å²) >= 11 is 0. The molecule has 20 atom stereocenters. The van der Waals surface area contributed by atoms with Crippen molar-refractivity contribution in [1.29, 1.82) is 0 Å². The topological polar surface area (TPSA) is 133 Å². The van der Waals surface area contributed by atoms with Gasteiger partial charge in [0, 0.05) is 38.3 Å². The third-order valence-corrected chi connectivity index (χ3v) is 16.1. The molecule has 0 spiro atoms. The third kappa shape index (κ3) is 7.92. The highest BCUT2D eigenvalue weighted by Crippen LogP contribution is 2.48. The summed E-state index contributed by atoms with van der Waals surface area (Å²) in [7, 11) is 0. The second-order valence-corrected chi connectivity index (χ2v) is 19.5. The lowest BCUT2D eigenvalue weighted by atomic mass is 9.71. The fourth-order valence-corrected chi connectivity index (χ4v) is 13.8. The van der Waals surface area contributed by atoms with Crippen molar-refractivity contribution >= 4 is 0 Å². The van der Waals surface area contributed by atoms with Crippen LogP contribution in [0.15, 0.2) is 0 Å². The zero-order chi connectivity index (χ0) is 38.2. The van der Waals surface area contributed by atoms with Gasteiger partial charge in [0.1, 0.15) is 12.2 Å². The zero-order valence-corrected chi connectivity index (χ0v) is 35.3. The van der Waals surface area contributed by atoms with E-state index in [0.29, 0.717) is 86.6 Å². The van der Waals surface area contributed by atoms with Gasteiger partial charge in [-0.2, -0.15) is 0 Å². The van der Waals surface area contributed by atoms with Gasteiger partial charge < -0.3 is 18.9 Å². The molecule has 0 amide bonds. The molecule has 0 aromatic heterocycles. The van der Waals surface area contributed by atoms with Crippen molar-refractivity contribution < 1.29 is 18.9 Å². The van der Waals surface area contributed by atoms with E-state index >= 15 is 0 Å². The van der Waals surface area contributed by atoms with Crippen molar-refractivity contribution in [2.45, 2.75) is 204 Å². The first-order chi connectivity index (χ1) is 27.6. The van der Waals surface area contributed by atoms with Gasteiger partial charge in [0.05, 0.1) is 61.5 Å². The van der Waals surface area contributed by atoms with Crippen molar-refractivity contribution in [2.24, 2.45) is 47.3 Å². The first-order valence-electron chi connectivity index (χ1n) is 24.2. The van der Waals surface area contributed by atoms with E-state index in [2.05, 4.69) is 70.2 Å². The summed E-state index contributed by atoms with van der Waals surface area (Å²) < 4.78 is 28.0. The SMILES string of the molecule is CCCOC1C(OCCC)C(OCCC)C2C3NC4NC(NC5NC(NC6NC(NC(N3)C2C1OCCC)C1CCCCC61)C1CCCCC51)C1CCCCC41. The van der Waals surface area contributed by atoms with Gasteiger partial charge >= 0.3 is 0 Å². The second-order valence-electron chi connectivity index (χ2n) is 19.5. The largest absolute Gasteiger partial charge is 0.375 e. The van der Waals surface area contributed by atoms with Crippen molar-refractivity contribution in [2.75, 3.05) is 26.4 Å². The Labute approximate surface area is 338 Å². The normalized spacial score (nSPS) is 49.9. The molecule has 56 heavy (non-hydrogen) atoms. The molecule has 0 radical (unpaired) electrons. The van der Waals surface area contributed by atoms with Gasteiger partial charge in [-0.15, -0.1) is 0 Å². The minimum atomic E-state index is -0.200. The quantitative estimate of drug-likeness (QED) is 0.144. The Hall–Kier alpha value is -0.480. The molecular formula is C44H80N8O4. The summed E-state index contributed by atoms with van der Waals surface area (Å²) in [5.74, 6) is 4.01. The molecule has 12 heteroatoms. The van der Waals surface area contributed by atoms with Gasteiger partial charge in [0.2, 0.25) is 0 Å². The lowest BCUT2D eigenvalue weighted by molar-refractivity contribution is -0.238. The van der Waals surface area contributed by atoms with Gasteiger partial charge in [-0.3, -0.25) is 42.5 Å². The molecule has 0 aromatic carbocycles. The summed E-state index contributed by atoms with van der Waals surface area (Å²) in [6.07, 6.45) is 20.7. The molecule has 5 aliphatic heterocycles. The standard InChI is InChI=1S/C44H80N8O4/c1-5-21-53-33-31-32(34(54-22-6-2)36(56-24-8-4)35(33)55-23-7-3)44-51-42-30-20-14-12-18-28(30)40(49-42)47-38-26-16-10-9-15-25(26)37(45-38)46-39-27-17-11-13-19-29(27)41(48-39)50-43(31)52-44/h25-52H,5-24H2,1-4H3. The number of hydrogen-bond donors (Lipinski definition) is 8. The molecule has 9 aliphatic rings. The van der Waals surface area contributed by atoms with Crippen molar-refractivity contribution in [3.63, 3.8) is 0 Å². The van der Waals surface area contributed by atoms with Crippen LogP contribution in [0.25, 0.3) is 0 Å². The molecule has 12 nitrogen and oxygen atoms in total. The minimum Gasteiger partial charge on any atom is -0.375 e. The summed E-state index contributed by atoms with van der Waals surface area (Å²) in [5.41, 5.74) is 0. The van der Waals surface area contributed by atoms with Crippen LogP contribution in [0.1, 0.15) is 130 Å². The molecule has 9 fully saturated rings. The van der Waals surface area contributed by atoms with E-state index in [1.807, 2.05) is 0 Å². The summed E-state index contributed by atoms with van der Waals surface area (Å²) in [5, 5.41) is 34.3. The fraction of sp³-hybridized carbons (Fsp3) is 1.00. The van der Waals surface area contributed by atoms with Gasteiger partial charge in [0.25, 0.3) is 0 Å². The van der Waals surface area contributed by atoms with E-state index in [-0.39, 0.29) is 60.9 Å². The second kappa shape index (κ2) is 18.6. The van der Waals surface area contributed by atoms with Crippen molar-refractivity contribution in [3.05, 3.63) is 0 Å². The Morgan fingerprint density at radius 1 is 0.304 bits per heavy atom. The van der Waals surface area contributed by atoms with Crippen molar-refractivity contribution in [1.82, 2.24) is 42.5 Å². The van der Waals surface area contributed by atoms with Crippen LogP contribution in [0.4, 0.5) is 0 Å². The minimum absolute atomic E-state index is 0.0212. The zero-order valence-electron chi connectivity index (χ0n) is 35.3. The van der Waals surface area contributed by atoms with Crippen LogP contribution in [0, 0.1) is 47.3 Å². The molecule has 5 saturated heterocycles. The number of rotatable bonds is 12. The van der Waals surface area contributed by atoms with E-state index in [9.17, 15) is 0 Å². The fourth-order valence-electron chi connectivity index (χ4n) is 13.8. The predicted octanol–water partition coefficient (Wildman–Crippen LogP) is 4.23. The van der Waals surface area contributed by atoms with E-state index in [1.54, 1.807) is 0 Å². The molecule has 9 rings (SSSR count). The first-order valence-corrected chi connectivity index (χ1v) is 24.2. The van der Waals surface area contributed by atoms with Crippen LogP contribution in [-0.4, -0.2) is 100 Å². The van der Waals surface area contributed by atoms with Crippen LogP contribution < -0.4 is 42.5 Å². The maximum atomic E-state index is 7.08. The first kappa shape index (κ1) is 40.9. The molecule has 8 N–H and O–H groups in total. The molecule has 4 aliphatic carbocycles. The maximum absolute atomic E-state index is 7.08. The van der Waals surface area contributed by atoms with Crippen LogP contribution >= 0.6 is 0 Å². The van der Waals surface area contributed by atoms with Gasteiger partial charge in [-0.1, -0.05) is 66.2 Å². The van der Waals surface area contributed by atoms with Crippen LogP contribution in [0.5, 0.6) is 0 Å². The smallest absolute Gasteiger partial charge is 0.113 e. The highest BCUT2D eigenvalue weighted by Gasteiger charge is 2.63. The number of hydrogen-bond acceptors (Lipinski definition) is 12. The predicted molar refractivity (Wildman–Crippen MR) is 219 cm³/mol. The van der Waals surface area contributed by atoms with Crippen molar-refractivity contribution in [3.8, 4) is 0 Å². The van der Waals surface area contributed by atoms with E-state index in [4.69, 9.17) is 18.9 Å². The maximum Gasteiger partial charge on any atom is 0.113 e. The number of ether oxygens (including phenoxy) is 4. The Morgan fingerprint density at radius 3 is 0.768 bits per heavy atom. The third-order valence-electron chi connectivity index (χ3n) is 16.1. The van der Waals surface area contributed by atoms with Gasteiger partial charge in [-0.25, -0.2) is 0 Å². The number of fused-ring (bicyclic) bond motifs is 20.